The lowest BCUT2D eigenvalue weighted by molar-refractivity contribution is -0.00955. The van der Waals surface area contributed by atoms with Crippen molar-refractivity contribution in [3.05, 3.63) is 27.9 Å². The highest BCUT2D eigenvalue weighted by atomic mass is 16.2. The van der Waals surface area contributed by atoms with Crippen LogP contribution in [-0.2, 0) is 5.41 Å². The van der Waals surface area contributed by atoms with E-state index < -0.39 is 0 Å². The molecule has 0 atom stereocenters. The van der Waals surface area contributed by atoms with Crippen molar-refractivity contribution in [2.75, 3.05) is 27.2 Å². The number of likely N-dealkylation sites (tertiary alicyclic amines) is 1. The Morgan fingerprint density at radius 1 is 1.14 bits per heavy atom. The van der Waals surface area contributed by atoms with Crippen molar-refractivity contribution in [1.82, 2.24) is 19.8 Å². The van der Waals surface area contributed by atoms with Gasteiger partial charge in [0.15, 0.2) is 0 Å². The molecule has 0 spiro atoms. The Labute approximate surface area is 166 Å². The molecule has 6 nitrogen and oxygen atoms in total. The quantitative estimate of drug-likeness (QED) is 0.869. The predicted octanol–water partition coefficient (Wildman–Crippen LogP) is 2.40. The lowest BCUT2D eigenvalue weighted by atomic mass is 9.49. The van der Waals surface area contributed by atoms with Crippen LogP contribution in [0.4, 0.5) is 0 Å². The molecule has 1 aromatic rings. The number of piperidine rings is 1. The van der Waals surface area contributed by atoms with E-state index in [1.807, 2.05) is 7.05 Å². The molecule has 1 N–H and O–H groups in total. The lowest BCUT2D eigenvalue weighted by Gasteiger charge is -2.56. The van der Waals surface area contributed by atoms with Gasteiger partial charge >= 0.3 is 0 Å². The van der Waals surface area contributed by atoms with Gasteiger partial charge in [0.25, 0.3) is 11.5 Å². The Bertz CT molecular complexity index is 789. The summed E-state index contributed by atoms with van der Waals surface area (Å²) in [6, 6.07) is 0.200. The summed E-state index contributed by atoms with van der Waals surface area (Å²) in [6.45, 7) is 1.98. The summed E-state index contributed by atoms with van der Waals surface area (Å²) in [5.74, 6) is 3.05. The molecule has 0 unspecified atom stereocenters. The molecule has 2 heterocycles. The minimum absolute atomic E-state index is 0.0509. The molecule has 6 rings (SSSR count). The van der Waals surface area contributed by atoms with E-state index >= 15 is 0 Å². The molecule has 152 valence electrons. The third kappa shape index (κ3) is 3.00. The first-order valence-corrected chi connectivity index (χ1v) is 11.0. The van der Waals surface area contributed by atoms with Crippen molar-refractivity contribution >= 4 is 5.91 Å². The molecule has 1 aliphatic heterocycles. The Kier molecular flexibility index (Phi) is 4.38. The zero-order chi connectivity index (χ0) is 19.5. The standard InChI is InChI=1S/C22H32N4O2/c1-25-5-3-17(4-6-25)26(2)20(28)18-13-23-21(24-19(18)27)22-10-14-7-15(11-22)9-16(8-14)12-22/h13-17H,3-12H2,1-2H3,(H,23,24,27). The van der Waals surface area contributed by atoms with E-state index in [-0.39, 0.29) is 28.5 Å². The smallest absolute Gasteiger partial charge is 0.263 e. The van der Waals surface area contributed by atoms with Gasteiger partial charge in [-0.25, -0.2) is 4.98 Å². The monoisotopic (exact) mass is 384 g/mol. The summed E-state index contributed by atoms with van der Waals surface area (Å²) in [7, 11) is 3.93. The highest BCUT2D eigenvalue weighted by Crippen LogP contribution is 2.59. The molecule has 0 radical (unpaired) electrons. The number of aromatic amines is 1. The molecular formula is C22H32N4O2. The number of nitrogens with one attached hydrogen (secondary N) is 1. The second kappa shape index (κ2) is 6.68. The van der Waals surface area contributed by atoms with Gasteiger partial charge in [0, 0.05) is 24.7 Å². The van der Waals surface area contributed by atoms with Crippen LogP contribution in [0.25, 0.3) is 0 Å². The number of nitrogens with zero attached hydrogens (tertiary/aromatic N) is 3. The fourth-order valence-electron chi connectivity index (χ4n) is 6.96. The SMILES string of the molecule is CN1CCC(N(C)C(=O)c2cnc(C34CC5CC(CC(C5)C3)C4)[nH]c2=O)CC1. The average Bonchev–Trinajstić information content (AvgIpc) is 2.66. The van der Waals surface area contributed by atoms with E-state index in [1.54, 1.807) is 11.1 Å². The average molecular weight is 385 g/mol. The lowest BCUT2D eigenvalue weighted by Crippen LogP contribution is -2.50. The molecule has 5 aliphatic rings. The summed E-state index contributed by atoms with van der Waals surface area (Å²) in [4.78, 5) is 37.6. The first-order valence-electron chi connectivity index (χ1n) is 11.0. The van der Waals surface area contributed by atoms with Crippen molar-refractivity contribution in [3.8, 4) is 0 Å². The molecule has 28 heavy (non-hydrogen) atoms. The van der Waals surface area contributed by atoms with Crippen molar-refractivity contribution in [2.24, 2.45) is 17.8 Å². The molecule has 4 bridgehead atoms. The van der Waals surface area contributed by atoms with Crippen LogP contribution in [0.1, 0.15) is 67.5 Å². The van der Waals surface area contributed by atoms with Crippen molar-refractivity contribution in [1.29, 1.82) is 0 Å². The van der Waals surface area contributed by atoms with E-state index in [4.69, 9.17) is 0 Å². The largest absolute Gasteiger partial charge is 0.338 e. The summed E-state index contributed by atoms with van der Waals surface area (Å²) < 4.78 is 0. The van der Waals surface area contributed by atoms with E-state index in [9.17, 15) is 9.59 Å². The maximum atomic E-state index is 13.0. The van der Waals surface area contributed by atoms with Crippen LogP contribution >= 0.6 is 0 Å². The summed E-state index contributed by atoms with van der Waals surface area (Å²) in [6.07, 6.45) is 11.0. The molecule has 0 aromatic carbocycles. The normalized spacial score (nSPS) is 35.3. The maximum Gasteiger partial charge on any atom is 0.263 e. The minimum atomic E-state index is -0.259. The van der Waals surface area contributed by atoms with Crippen LogP contribution in [0.15, 0.2) is 11.0 Å². The van der Waals surface area contributed by atoms with Crippen LogP contribution < -0.4 is 5.56 Å². The molecule has 4 aliphatic carbocycles. The molecule has 1 amide bonds. The zero-order valence-corrected chi connectivity index (χ0v) is 17.1. The topological polar surface area (TPSA) is 69.3 Å². The Balaban J connectivity index is 1.37. The molecule has 4 saturated carbocycles. The first-order chi connectivity index (χ1) is 13.4. The van der Waals surface area contributed by atoms with Gasteiger partial charge in [-0.2, -0.15) is 0 Å². The number of aromatic nitrogens is 2. The Hall–Kier alpha value is -1.69. The number of amides is 1. The Morgan fingerprint density at radius 2 is 1.71 bits per heavy atom. The number of rotatable bonds is 3. The fraction of sp³-hybridized carbons (Fsp3) is 0.773. The molecular weight excluding hydrogens is 352 g/mol. The third-order valence-electron chi connectivity index (χ3n) is 8.13. The summed E-state index contributed by atoms with van der Waals surface area (Å²) >= 11 is 0. The van der Waals surface area contributed by atoms with Gasteiger partial charge in [0.05, 0.1) is 0 Å². The van der Waals surface area contributed by atoms with Crippen LogP contribution in [0, 0.1) is 17.8 Å². The van der Waals surface area contributed by atoms with Crippen molar-refractivity contribution < 1.29 is 4.79 Å². The molecule has 5 fully saturated rings. The fourth-order valence-corrected chi connectivity index (χ4v) is 6.96. The highest BCUT2D eigenvalue weighted by Gasteiger charge is 2.53. The summed E-state index contributed by atoms with van der Waals surface area (Å²) in [5, 5.41) is 0. The number of carbonyl (C=O) groups is 1. The highest BCUT2D eigenvalue weighted by molar-refractivity contribution is 5.93. The second-order valence-electron chi connectivity index (χ2n) is 10.1. The van der Waals surface area contributed by atoms with Crippen LogP contribution in [0.5, 0.6) is 0 Å². The van der Waals surface area contributed by atoms with Gasteiger partial charge < -0.3 is 14.8 Å². The van der Waals surface area contributed by atoms with Gasteiger partial charge in [-0.1, -0.05) is 0 Å². The maximum absolute atomic E-state index is 13.0. The van der Waals surface area contributed by atoms with E-state index in [0.29, 0.717) is 0 Å². The van der Waals surface area contributed by atoms with Gasteiger partial charge in [-0.3, -0.25) is 9.59 Å². The number of carbonyl (C=O) groups excluding carboxylic acids is 1. The molecule has 6 heteroatoms. The van der Waals surface area contributed by atoms with E-state index in [1.165, 1.54) is 19.3 Å². The first kappa shape index (κ1) is 18.3. The zero-order valence-electron chi connectivity index (χ0n) is 17.1. The van der Waals surface area contributed by atoms with Crippen molar-refractivity contribution in [3.63, 3.8) is 0 Å². The van der Waals surface area contributed by atoms with Crippen LogP contribution in [0.2, 0.25) is 0 Å². The van der Waals surface area contributed by atoms with Gasteiger partial charge in [-0.15, -0.1) is 0 Å². The second-order valence-corrected chi connectivity index (χ2v) is 10.1. The molecule has 1 saturated heterocycles. The summed E-state index contributed by atoms with van der Waals surface area (Å²) in [5.41, 5.74) is -0.0181. The van der Waals surface area contributed by atoms with Crippen LogP contribution in [-0.4, -0.2) is 58.9 Å². The molecule has 1 aromatic heterocycles. The third-order valence-corrected chi connectivity index (χ3v) is 8.13. The van der Waals surface area contributed by atoms with Gasteiger partial charge in [-0.05, 0) is 89.3 Å². The van der Waals surface area contributed by atoms with Gasteiger partial charge in [0.1, 0.15) is 11.4 Å². The minimum Gasteiger partial charge on any atom is -0.338 e. The van der Waals surface area contributed by atoms with Gasteiger partial charge in [0.2, 0.25) is 0 Å². The number of hydrogen-bond acceptors (Lipinski definition) is 4. The van der Waals surface area contributed by atoms with E-state index in [0.717, 1.165) is 68.8 Å². The van der Waals surface area contributed by atoms with Crippen LogP contribution in [0.3, 0.4) is 0 Å². The Morgan fingerprint density at radius 3 is 2.25 bits per heavy atom. The number of hydrogen-bond donors (Lipinski definition) is 1. The predicted molar refractivity (Wildman–Crippen MR) is 107 cm³/mol. The van der Waals surface area contributed by atoms with E-state index in [2.05, 4.69) is 21.9 Å². The number of H-pyrrole nitrogens is 1. The van der Waals surface area contributed by atoms with Crippen molar-refractivity contribution in [2.45, 2.75) is 62.8 Å².